The summed E-state index contributed by atoms with van der Waals surface area (Å²) in [5.74, 6) is -1.31. The van der Waals surface area contributed by atoms with Crippen molar-refractivity contribution in [1.29, 1.82) is 0 Å². The summed E-state index contributed by atoms with van der Waals surface area (Å²) in [6.07, 6.45) is -2.44. The van der Waals surface area contributed by atoms with Crippen molar-refractivity contribution in [3.8, 4) is 11.1 Å². The van der Waals surface area contributed by atoms with Crippen molar-refractivity contribution < 1.29 is 27.9 Å². The number of carbonyl (C=O) groups excluding carboxylic acids is 1. The van der Waals surface area contributed by atoms with Gasteiger partial charge >= 0.3 is 12.1 Å². The van der Waals surface area contributed by atoms with Crippen molar-refractivity contribution in [3.05, 3.63) is 89.5 Å². The molecule has 4 rings (SSSR count). The number of amides is 1. The zero-order valence-electron chi connectivity index (χ0n) is 18.9. The van der Waals surface area contributed by atoms with Gasteiger partial charge in [0.2, 0.25) is 0 Å². The lowest BCUT2D eigenvalue weighted by Crippen LogP contribution is -2.36. The number of aliphatic carboxylic acids is 1. The standard InChI is InChI=1S/C27H25F3N2O3/c28-27(29,30)21-9-5-20(6-10-21)23-3-1-2-4-24(23)26(35)32(17-25(33)34)22-11-7-18(8-12-22)19-13-15-31-16-14-19/h1-12,19,31H,13-17H2,(H,33,34). The number of benzene rings is 3. The van der Waals surface area contributed by atoms with Crippen molar-refractivity contribution in [3.63, 3.8) is 0 Å². The molecular formula is C27H25F3N2O3. The van der Waals surface area contributed by atoms with Gasteiger partial charge in [-0.25, -0.2) is 0 Å². The number of carboxylic acid groups (broad SMARTS) is 1. The first-order chi connectivity index (χ1) is 16.7. The molecule has 35 heavy (non-hydrogen) atoms. The third-order valence-corrected chi connectivity index (χ3v) is 6.23. The molecule has 0 atom stereocenters. The second kappa shape index (κ2) is 10.3. The van der Waals surface area contributed by atoms with Gasteiger partial charge in [0.1, 0.15) is 6.54 Å². The molecule has 0 aliphatic carbocycles. The molecule has 0 aromatic heterocycles. The van der Waals surface area contributed by atoms with Crippen LogP contribution in [0.25, 0.3) is 11.1 Å². The molecule has 0 bridgehead atoms. The van der Waals surface area contributed by atoms with Gasteiger partial charge in [-0.2, -0.15) is 13.2 Å². The van der Waals surface area contributed by atoms with Crippen molar-refractivity contribution >= 4 is 17.6 Å². The highest BCUT2D eigenvalue weighted by molar-refractivity contribution is 6.11. The Kier molecular flexibility index (Phi) is 7.21. The van der Waals surface area contributed by atoms with E-state index in [2.05, 4.69) is 5.32 Å². The summed E-state index contributed by atoms with van der Waals surface area (Å²) >= 11 is 0. The lowest BCUT2D eigenvalue weighted by atomic mass is 9.90. The molecule has 0 spiro atoms. The topological polar surface area (TPSA) is 69.6 Å². The van der Waals surface area contributed by atoms with Gasteiger partial charge < -0.3 is 10.4 Å². The average molecular weight is 483 g/mol. The summed E-state index contributed by atoms with van der Waals surface area (Å²) in [6, 6.07) is 18.4. The fourth-order valence-corrected chi connectivity index (χ4v) is 4.40. The highest BCUT2D eigenvalue weighted by Gasteiger charge is 2.30. The number of nitrogens with zero attached hydrogens (tertiary/aromatic N) is 1. The van der Waals surface area contributed by atoms with E-state index in [1.54, 1.807) is 36.4 Å². The van der Waals surface area contributed by atoms with Crippen molar-refractivity contribution in [1.82, 2.24) is 5.32 Å². The number of nitrogens with one attached hydrogen (secondary N) is 1. The number of halogens is 3. The first kappa shape index (κ1) is 24.5. The molecule has 3 aromatic rings. The lowest BCUT2D eigenvalue weighted by molar-refractivity contribution is -0.137. The Balaban J connectivity index is 1.65. The molecule has 1 heterocycles. The van der Waals surface area contributed by atoms with Gasteiger partial charge in [0.15, 0.2) is 0 Å². The molecule has 1 aliphatic heterocycles. The third-order valence-electron chi connectivity index (χ3n) is 6.23. The van der Waals surface area contributed by atoms with Crippen LogP contribution in [-0.4, -0.2) is 36.6 Å². The van der Waals surface area contributed by atoms with Crippen LogP contribution >= 0.6 is 0 Å². The summed E-state index contributed by atoms with van der Waals surface area (Å²) in [7, 11) is 0. The number of piperidine rings is 1. The van der Waals surface area contributed by atoms with Gasteiger partial charge in [0.05, 0.1) is 5.56 Å². The Morgan fingerprint density at radius 3 is 2.14 bits per heavy atom. The smallest absolute Gasteiger partial charge is 0.416 e. The minimum absolute atomic E-state index is 0.205. The molecule has 1 saturated heterocycles. The Labute approximate surface area is 201 Å². The van der Waals surface area contributed by atoms with Crippen molar-refractivity contribution in [2.24, 2.45) is 0 Å². The quantitative estimate of drug-likeness (QED) is 0.482. The Hall–Kier alpha value is -3.65. The first-order valence-corrected chi connectivity index (χ1v) is 11.3. The van der Waals surface area contributed by atoms with E-state index < -0.39 is 30.2 Å². The Morgan fingerprint density at radius 2 is 1.54 bits per heavy atom. The van der Waals surface area contributed by atoms with Gasteiger partial charge in [0, 0.05) is 11.3 Å². The first-order valence-electron chi connectivity index (χ1n) is 11.3. The van der Waals surface area contributed by atoms with Crippen molar-refractivity contribution in [2.75, 3.05) is 24.5 Å². The number of carboxylic acids is 1. The molecular weight excluding hydrogens is 457 g/mol. The maximum atomic E-state index is 13.6. The molecule has 182 valence electrons. The van der Waals surface area contributed by atoms with E-state index >= 15 is 0 Å². The average Bonchev–Trinajstić information content (AvgIpc) is 2.87. The normalized spacial score (nSPS) is 14.5. The lowest BCUT2D eigenvalue weighted by Gasteiger charge is -2.25. The summed E-state index contributed by atoms with van der Waals surface area (Å²) in [5.41, 5.74) is 1.86. The van der Waals surface area contributed by atoms with Crippen LogP contribution in [0.2, 0.25) is 0 Å². The van der Waals surface area contributed by atoms with E-state index in [1.807, 2.05) is 12.1 Å². The van der Waals surface area contributed by atoms with E-state index in [1.165, 1.54) is 17.0 Å². The monoisotopic (exact) mass is 482 g/mol. The highest BCUT2D eigenvalue weighted by Crippen LogP contribution is 2.33. The second-order valence-electron chi connectivity index (χ2n) is 8.52. The van der Waals surface area contributed by atoms with E-state index in [0.717, 1.165) is 43.6 Å². The van der Waals surface area contributed by atoms with Gasteiger partial charge in [0.25, 0.3) is 5.91 Å². The number of hydrogen-bond donors (Lipinski definition) is 2. The fraction of sp³-hybridized carbons (Fsp3) is 0.259. The number of alkyl halides is 3. The maximum Gasteiger partial charge on any atom is 0.416 e. The molecule has 0 unspecified atom stereocenters. The van der Waals surface area contributed by atoms with Crippen LogP contribution in [0.15, 0.2) is 72.8 Å². The van der Waals surface area contributed by atoms with Gasteiger partial charge in [-0.1, -0.05) is 42.5 Å². The minimum atomic E-state index is -4.47. The Bertz CT molecular complexity index is 1190. The van der Waals surface area contributed by atoms with Crippen LogP contribution in [0.3, 0.4) is 0 Å². The van der Waals surface area contributed by atoms with Crippen LogP contribution in [0.1, 0.15) is 40.2 Å². The number of carbonyl (C=O) groups is 2. The fourth-order valence-electron chi connectivity index (χ4n) is 4.40. The molecule has 3 aromatic carbocycles. The van der Waals surface area contributed by atoms with Crippen LogP contribution in [0.4, 0.5) is 18.9 Å². The number of rotatable bonds is 6. The van der Waals surface area contributed by atoms with Crippen LogP contribution in [0, 0.1) is 0 Å². The SMILES string of the molecule is O=C(O)CN(C(=O)c1ccccc1-c1ccc(C(F)(F)F)cc1)c1ccc(C2CCNCC2)cc1. The number of hydrogen-bond acceptors (Lipinski definition) is 3. The highest BCUT2D eigenvalue weighted by atomic mass is 19.4. The van der Waals surface area contributed by atoms with Crippen molar-refractivity contribution in [2.45, 2.75) is 24.9 Å². The van der Waals surface area contributed by atoms with E-state index in [-0.39, 0.29) is 5.56 Å². The molecule has 8 heteroatoms. The summed E-state index contributed by atoms with van der Waals surface area (Å²) in [6.45, 7) is 1.33. The van der Waals surface area contributed by atoms with Gasteiger partial charge in [-0.15, -0.1) is 0 Å². The maximum absolute atomic E-state index is 13.6. The van der Waals surface area contributed by atoms with Gasteiger partial charge in [-0.05, 0) is 78.9 Å². The summed E-state index contributed by atoms with van der Waals surface area (Å²) in [4.78, 5) is 26.4. The molecule has 1 aliphatic rings. The predicted molar refractivity (Wildman–Crippen MR) is 127 cm³/mol. The van der Waals surface area contributed by atoms with Crippen LogP contribution in [0.5, 0.6) is 0 Å². The largest absolute Gasteiger partial charge is 0.480 e. The molecule has 1 fully saturated rings. The zero-order valence-corrected chi connectivity index (χ0v) is 18.9. The zero-order chi connectivity index (χ0) is 25.0. The molecule has 0 radical (unpaired) electrons. The van der Waals surface area contributed by atoms with Gasteiger partial charge in [-0.3, -0.25) is 14.5 Å². The summed E-state index contributed by atoms with van der Waals surface area (Å²) < 4.78 is 38.9. The molecule has 5 nitrogen and oxygen atoms in total. The van der Waals surface area contributed by atoms with E-state index in [0.29, 0.717) is 22.7 Å². The molecule has 0 saturated carbocycles. The number of anilines is 1. The van der Waals surface area contributed by atoms with E-state index in [4.69, 9.17) is 0 Å². The molecule has 2 N–H and O–H groups in total. The minimum Gasteiger partial charge on any atom is -0.480 e. The predicted octanol–water partition coefficient (Wildman–Crippen LogP) is 5.57. The second-order valence-corrected chi connectivity index (χ2v) is 8.52. The van der Waals surface area contributed by atoms with E-state index in [9.17, 15) is 27.9 Å². The summed E-state index contributed by atoms with van der Waals surface area (Å²) in [5, 5.41) is 12.8. The van der Waals surface area contributed by atoms with Crippen LogP contribution in [-0.2, 0) is 11.0 Å². The molecule has 1 amide bonds. The van der Waals surface area contributed by atoms with Crippen LogP contribution < -0.4 is 10.2 Å². The Morgan fingerprint density at radius 1 is 0.914 bits per heavy atom. The third kappa shape index (κ3) is 5.71.